The van der Waals surface area contributed by atoms with Crippen molar-refractivity contribution in [2.24, 2.45) is 0 Å². The Labute approximate surface area is 194 Å². The van der Waals surface area contributed by atoms with Crippen LogP contribution in [0, 0.1) is 0 Å². The summed E-state index contributed by atoms with van der Waals surface area (Å²) in [7, 11) is -4.47. The topological polar surface area (TPSA) is 66.4 Å². The molecule has 0 N–H and O–H groups in total. The molecule has 0 aliphatic heterocycles. The molecule has 0 radical (unpaired) electrons. The Balaban J connectivity index is 0.00000729. The summed E-state index contributed by atoms with van der Waals surface area (Å²) in [5, 5.41) is 0. The molecule has 0 aromatic heterocycles. The molecule has 4 nitrogen and oxygen atoms in total. The first-order valence-electron chi connectivity index (χ1n) is 10.6. The van der Waals surface area contributed by atoms with Crippen LogP contribution in [-0.2, 0) is 23.0 Å². The van der Waals surface area contributed by atoms with Gasteiger partial charge in [-0.1, -0.05) is 71.8 Å². The predicted octanol–water partition coefficient (Wildman–Crippen LogP) is 2.99. The predicted molar refractivity (Wildman–Crippen MR) is 111 cm³/mol. The van der Waals surface area contributed by atoms with Gasteiger partial charge < -0.3 is 9.29 Å². The number of ether oxygens (including phenoxy) is 1. The van der Waals surface area contributed by atoms with Crippen LogP contribution in [0.1, 0.15) is 96.1 Å². The molecule has 1 rings (SSSR count). The average Bonchev–Trinajstić information content (AvgIpc) is 2.61. The molecule has 0 spiro atoms. The molecule has 0 saturated carbocycles. The van der Waals surface area contributed by atoms with Crippen molar-refractivity contribution in [3.8, 4) is 5.75 Å². The van der Waals surface area contributed by atoms with Crippen molar-refractivity contribution in [3.63, 3.8) is 0 Å². The third kappa shape index (κ3) is 11.8. The summed E-state index contributed by atoms with van der Waals surface area (Å²) in [4.78, 5) is 0. The van der Waals surface area contributed by atoms with E-state index in [0.29, 0.717) is 12.2 Å². The maximum atomic E-state index is 11.5. The minimum atomic E-state index is -4.47. The van der Waals surface area contributed by atoms with E-state index in [4.69, 9.17) is 4.74 Å². The maximum Gasteiger partial charge on any atom is 1.00 e. The van der Waals surface area contributed by atoms with Gasteiger partial charge in [0.15, 0.2) is 5.44 Å². The van der Waals surface area contributed by atoms with Crippen LogP contribution in [0.5, 0.6) is 5.75 Å². The van der Waals surface area contributed by atoms with Gasteiger partial charge in [-0.05, 0) is 55.4 Å². The molecule has 1 unspecified atom stereocenters. The van der Waals surface area contributed by atoms with Gasteiger partial charge in [-0.25, -0.2) is 8.42 Å². The molecule has 1 aromatic rings. The molecule has 1 aromatic carbocycles. The Morgan fingerprint density at radius 3 is 1.71 bits per heavy atom. The Morgan fingerprint density at radius 1 is 0.821 bits per heavy atom. The Bertz CT molecular complexity index is 601. The van der Waals surface area contributed by atoms with E-state index in [-0.39, 0.29) is 36.0 Å². The van der Waals surface area contributed by atoms with Gasteiger partial charge in [0.2, 0.25) is 0 Å². The molecule has 156 valence electrons. The summed E-state index contributed by atoms with van der Waals surface area (Å²) in [6.07, 6.45) is 12.2. The molecule has 28 heavy (non-hydrogen) atoms. The number of benzene rings is 1. The fourth-order valence-corrected chi connectivity index (χ4v) is 4.00. The third-order valence-corrected chi connectivity index (χ3v) is 5.75. The van der Waals surface area contributed by atoms with Gasteiger partial charge >= 0.3 is 29.6 Å². The van der Waals surface area contributed by atoms with Crippen molar-refractivity contribution >= 4 is 10.1 Å². The quantitative estimate of drug-likeness (QED) is 0.249. The summed E-state index contributed by atoms with van der Waals surface area (Å²) in [6, 6.07) is 6.04. The van der Waals surface area contributed by atoms with E-state index < -0.39 is 15.6 Å². The van der Waals surface area contributed by atoms with Crippen LogP contribution >= 0.6 is 0 Å². The zero-order valence-electron chi connectivity index (χ0n) is 18.3. The van der Waals surface area contributed by atoms with Gasteiger partial charge in [0.1, 0.15) is 15.9 Å². The fourth-order valence-electron chi connectivity index (χ4n) is 3.25. The average molecular weight is 421 g/mol. The summed E-state index contributed by atoms with van der Waals surface area (Å²) >= 11 is 0. The van der Waals surface area contributed by atoms with E-state index >= 15 is 0 Å². The second-order valence-corrected chi connectivity index (χ2v) is 8.95. The first kappa shape index (κ1) is 27.9. The van der Waals surface area contributed by atoms with Gasteiger partial charge in [-0.3, -0.25) is 0 Å². The van der Waals surface area contributed by atoms with Crippen LogP contribution in [0.4, 0.5) is 0 Å². The van der Waals surface area contributed by atoms with Crippen LogP contribution in [0.25, 0.3) is 0 Å². The largest absolute Gasteiger partial charge is 1.00 e. The minimum absolute atomic E-state index is 0. The van der Waals surface area contributed by atoms with Gasteiger partial charge in [-0.15, -0.1) is 0 Å². The number of hydrogen-bond donors (Lipinski definition) is 0. The Kier molecular flexibility index (Phi) is 15.7. The summed E-state index contributed by atoms with van der Waals surface area (Å²) < 4.78 is 40.2. The molecule has 0 saturated heterocycles. The van der Waals surface area contributed by atoms with Crippen LogP contribution < -0.4 is 34.3 Å². The molecule has 1 atom stereocenters. The van der Waals surface area contributed by atoms with E-state index in [1.54, 1.807) is 0 Å². The SMILES string of the molecule is CCCCCCc1cc(CCCCCC)cc(OC(CCC)S(=O)(=O)[O-])c1.[Na+]. The van der Waals surface area contributed by atoms with Gasteiger partial charge in [0.05, 0.1) is 0 Å². The zero-order chi connectivity index (χ0) is 20.1. The smallest absolute Gasteiger partial charge is 0.745 e. The summed E-state index contributed by atoms with van der Waals surface area (Å²) in [5.41, 5.74) is 1.05. The molecule has 0 aliphatic carbocycles. The van der Waals surface area contributed by atoms with Crippen molar-refractivity contribution in [1.29, 1.82) is 0 Å². The monoisotopic (exact) mass is 420 g/mol. The molecular formula is C22H37NaO4S. The van der Waals surface area contributed by atoms with E-state index in [0.717, 1.165) is 25.7 Å². The summed E-state index contributed by atoms with van der Waals surface area (Å²) in [5.74, 6) is 0.520. The number of rotatable bonds is 15. The van der Waals surface area contributed by atoms with E-state index in [2.05, 4.69) is 19.9 Å². The minimum Gasteiger partial charge on any atom is -0.745 e. The Morgan fingerprint density at radius 2 is 1.32 bits per heavy atom. The van der Waals surface area contributed by atoms with Crippen LogP contribution in [0.3, 0.4) is 0 Å². The molecule has 0 amide bonds. The molecular weight excluding hydrogens is 383 g/mol. The number of unbranched alkanes of at least 4 members (excludes halogenated alkanes) is 6. The molecule has 0 bridgehead atoms. The van der Waals surface area contributed by atoms with Crippen molar-refractivity contribution in [3.05, 3.63) is 29.3 Å². The van der Waals surface area contributed by atoms with Gasteiger partial charge in [0, 0.05) is 0 Å². The number of aryl methyl sites for hydroxylation is 2. The normalized spacial score (nSPS) is 12.4. The van der Waals surface area contributed by atoms with E-state index in [9.17, 15) is 13.0 Å². The Hall–Kier alpha value is -0.0700. The van der Waals surface area contributed by atoms with Crippen molar-refractivity contribution in [2.75, 3.05) is 0 Å². The number of hydrogen-bond acceptors (Lipinski definition) is 4. The van der Waals surface area contributed by atoms with E-state index in [1.807, 2.05) is 19.1 Å². The molecule has 0 heterocycles. The first-order chi connectivity index (χ1) is 12.9. The first-order valence-corrected chi connectivity index (χ1v) is 12.1. The molecule has 0 fully saturated rings. The van der Waals surface area contributed by atoms with Crippen LogP contribution in [-0.4, -0.2) is 18.4 Å². The van der Waals surface area contributed by atoms with Crippen molar-refractivity contribution < 1.29 is 47.3 Å². The van der Waals surface area contributed by atoms with Crippen molar-refractivity contribution in [1.82, 2.24) is 0 Å². The maximum absolute atomic E-state index is 11.5. The third-order valence-electron chi connectivity index (χ3n) is 4.78. The second kappa shape index (κ2) is 15.7. The van der Waals surface area contributed by atoms with Crippen molar-refractivity contribution in [2.45, 2.75) is 103 Å². The van der Waals surface area contributed by atoms with Gasteiger partial charge in [0.25, 0.3) is 0 Å². The summed E-state index contributed by atoms with van der Waals surface area (Å²) in [6.45, 7) is 6.24. The molecule has 0 aliphatic rings. The standard InChI is InChI=1S/C22H38O4S.Na/c1-4-7-9-11-14-19-16-20(15-12-10-8-5-2)18-21(17-19)26-22(13-6-3)27(23,24)25;/h16-18,22H,4-15H2,1-3H3,(H,23,24,25);/q;+1/p-1. The fraction of sp³-hybridized carbons (Fsp3) is 0.727. The second-order valence-electron chi connectivity index (χ2n) is 7.44. The zero-order valence-corrected chi connectivity index (χ0v) is 21.2. The van der Waals surface area contributed by atoms with Crippen LogP contribution in [0.15, 0.2) is 18.2 Å². The molecule has 6 heteroatoms. The van der Waals surface area contributed by atoms with Crippen LogP contribution in [0.2, 0.25) is 0 Å². The van der Waals surface area contributed by atoms with Gasteiger partial charge in [-0.2, -0.15) is 0 Å². The van der Waals surface area contributed by atoms with E-state index in [1.165, 1.54) is 49.7 Å².